The number of nitro groups is 1. The number of carbonyl (C=O) groups is 1. The SMILES string of the molecule is COc1ccc(/C=N/NC(=O)CSc2nnc(-c3cccc([N+](=O)[O-])c3)n2-c2ccccc2)cc1CSc1ccccn1. The van der Waals surface area contributed by atoms with Gasteiger partial charge in [-0.2, -0.15) is 5.10 Å². The molecule has 2 heterocycles. The van der Waals surface area contributed by atoms with Crippen LogP contribution in [0.15, 0.2) is 112 Å². The van der Waals surface area contributed by atoms with E-state index < -0.39 is 4.92 Å². The van der Waals surface area contributed by atoms with Gasteiger partial charge in [0.1, 0.15) is 5.75 Å². The number of pyridine rings is 1. The monoisotopic (exact) mass is 611 g/mol. The van der Waals surface area contributed by atoms with E-state index in [9.17, 15) is 14.9 Å². The number of nitrogens with zero attached hydrogens (tertiary/aromatic N) is 6. The van der Waals surface area contributed by atoms with Crippen LogP contribution in [0.5, 0.6) is 5.75 Å². The van der Waals surface area contributed by atoms with E-state index in [1.54, 1.807) is 48.0 Å². The van der Waals surface area contributed by atoms with Crippen LogP contribution >= 0.6 is 23.5 Å². The van der Waals surface area contributed by atoms with Gasteiger partial charge < -0.3 is 4.74 Å². The number of thioether (sulfide) groups is 2. The summed E-state index contributed by atoms with van der Waals surface area (Å²) in [5, 5.41) is 25.4. The van der Waals surface area contributed by atoms with E-state index in [1.807, 2.05) is 66.7 Å². The largest absolute Gasteiger partial charge is 0.496 e. The third-order valence-corrected chi connectivity index (χ3v) is 7.94. The van der Waals surface area contributed by atoms with Gasteiger partial charge in [0.15, 0.2) is 11.0 Å². The molecule has 0 saturated carbocycles. The molecule has 43 heavy (non-hydrogen) atoms. The number of carbonyl (C=O) groups excluding carboxylic acids is 1. The third-order valence-electron chi connectivity index (χ3n) is 6.02. The van der Waals surface area contributed by atoms with Gasteiger partial charge in [0.25, 0.3) is 11.6 Å². The summed E-state index contributed by atoms with van der Waals surface area (Å²) in [6, 6.07) is 27.0. The van der Waals surface area contributed by atoms with Crippen LogP contribution in [-0.4, -0.2) is 49.7 Å². The van der Waals surface area contributed by atoms with E-state index in [2.05, 4.69) is 25.7 Å². The number of para-hydroxylation sites is 1. The Hall–Kier alpha value is -5.01. The van der Waals surface area contributed by atoms with Crippen LogP contribution in [0.2, 0.25) is 0 Å². The first-order valence-corrected chi connectivity index (χ1v) is 14.9. The van der Waals surface area contributed by atoms with Gasteiger partial charge >= 0.3 is 0 Å². The molecule has 0 fully saturated rings. The number of methoxy groups -OCH3 is 1. The number of aromatic nitrogens is 4. The summed E-state index contributed by atoms with van der Waals surface area (Å²) in [4.78, 5) is 27.9. The Balaban J connectivity index is 1.26. The predicted octanol–water partition coefficient (Wildman–Crippen LogP) is 5.78. The van der Waals surface area contributed by atoms with Gasteiger partial charge in [-0.15, -0.1) is 22.0 Å². The van der Waals surface area contributed by atoms with Crippen molar-refractivity contribution in [3.8, 4) is 22.8 Å². The molecular weight excluding hydrogens is 587 g/mol. The zero-order chi connectivity index (χ0) is 30.0. The summed E-state index contributed by atoms with van der Waals surface area (Å²) in [6.45, 7) is 0. The molecule has 0 aliphatic carbocycles. The summed E-state index contributed by atoms with van der Waals surface area (Å²) in [6.07, 6.45) is 3.33. The summed E-state index contributed by atoms with van der Waals surface area (Å²) >= 11 is 2.77. The van der Waals surface area contributed by atoms with E-state index in [0.29, 0.717) is 22.3 Å². The van der Waals surface area contributed by atoms with Crippen LogP contribution in [0.3, 0.4) is 0 Å². The molecule has 0 atom stereocenters. The second kappa shape index (κ2) is 14.2. The smallest absolute Gasteiger partial charge is 0.270 e. The quantitative estimate of drug-likeness (QED) is 0.0805. The van der Waals surface area contributed by atoms with Crippen molar-refractivity contribution in [2.24, 2.45) is 5.10 Å². The molecule has 216 valence electrons. The Bertz CT molecular complexity index is 1750. The van der Waals surface area contributed by atoms with Crippen molar-refractivity contribution in [1.82, 2.24) is 25.2 Å². The van der Waals surface area contributed by atoms with E-state index in [-0.39, 0.29) is 17.3 Å². The van der Waals surface area contributed by atoms with Crippen molar-refractivity contribution in [2.75, 3.05) is 12.9 Å². The van der Waals surface area contributed by atoms with Crippen molar-refractivity contribution < 1.29 is 14.5 Å². The van der Waals surface area contributed by atoms with Crippen LogP contribution < -0.4 is 10.2 Å². The van der Waals surface area contributed by atoms with Crippen LogP contribution in [0.4, 0.5) is 5.69 Å². The van der Waals surface area contributed by atoms with Gasteiger partial charge in [-0.05, 0) is 48.0 Å². The van der Waals surface area contributed by atoms with Crippen LogP contribution in [-0.2, 0) is 10.5 Å². The lowest BCUT2D eigenvalue weighted by atomic mass is 10.1. The van der Waals surface area contributed by atoms with Gasteiger partial charge in [0.05, 0.1) is 29.0 Å². The highest BCUT2D eigenvalue weighted by Crippen LogP contribution is 2.30. The topological polar surface area (TPSA) is 137 Å². The summed E-state index contributed by atoms with van der Waals surface area (Å²) < 4.78 is 7.27. The third kappa shape index (κ3) is 7.64. The molecule has 2 aromatic heterocycles. The Kier molecular flexibility index (Phi) is 9.77. The maximum Gasteiger partial charge on any atom is 0.270 e. The fraction of sp³-hybridized carbons (Fsp3) is 0.100. The van der Waals surface area contributed by atoms with Crippen molar-refractivity contribution >= 4 is 41.3 Å². The van der Waals surface area contributed by atoms with Crippen molar-refractivity contribution in [2.45, 2.75) is 15.9 Å². The summed E-state index contributed by atoms with van der Waals surface area (Å²) in [5.74, 6) is 1.53. The van der Waals surface area contributed by atoms with E-state index in [0.717, 1.165) is 27.6 Å². The van der Waals surface area contributed by atoms with Crippen molar-refractivity contribution in [1.29, 1.82) is 0 Å². The average molecular weight is 612 g/mol. The second-order valence-electron chi connectivity index (χ2n) is 8.89. The molecule has 5 rings (SSSR count). The molecule has 0 radical (unpaired) electrons. The minimum absolute atomic E-state index is 0.0197. The normalized spacial score (nSPS) is 11.0. The van der Waals surface area contributed by atoms with Gasteiger partial charge in [-0.1, -0.05) is 48.2 Å². The van der Waals surface area contributed by atoms with Crippen molar-refractivity contribution in [3.63, 3.8) is 0 Å². The zero-order valence-corrected chi connectivity index (χ0v) is 24.5. The first kappa shape index (κ1) is 29.5. The number of hydrogen-bond donors (Lipinski definition) is 1. The highest BCUT2D eigenvalue weighted by Gasteiger charge is 2.19. The first-order chi connectivity index (χ1) is 21.0. The molecule has 3 aromatic carbocycles. The van der Waals surface area contributed by atoms with Gasteiger partial charge in [-0.25, -0.2) is 10.4 Å². The molecule has 11 nitrogen and oxygen atoms in total. The number of rotatable bonds is 12. The fourth-order valence-electron chi connectivity index (χ4n) is 4.04. The number of nitrogens with one attached hydrogen (secondary N) is 1. The summed E-state index contributed by atoms with van der Waals surface area (Å²) in [7, 11) is 1.63. The molecule has 13 heteroatoms. The molecule has 0 spiro atoms. The van der Waals surface area contributed by atoms with Crippen LogP contribution in [0, 0.1) is 10.1 Å². The highest BCUT2D eigenvalue weighted by atomic mass is 32.2. The minimum atomic E-state index is -0.457. The molecule has 0 saturated heterocycles. The molecule has 5 aromatic rings. The van der Waals surface area contributed by atoms with Crippen LogP contribution in [0.25, 0.3) is 17.1 Å². The Labute approximate surface area is 255 Å². The van der Waals surface area contributed by atoms with E-state index >= 15 is 0 Å². The van der Waals surface area contributed by atoms with Crippen LogP contribution in [0.1, 0.15) is 11.1 Å². The molecular formula is C30H25N7O4S2. The highest BCUT2D eigenvalue weighted by molar-refractivity contribution is 7.99. The Morgan fingerprint density at radius 1 is 1.02 bits per heavy atom. The Morgan fingerprint density at radius 3 is 2.63 bits per heavy atom. The molecule has 1 amide bonds. The maximum atomic E-state index is 12.7. The number of ether oxygens (including phenoxy) is 1. The zero-order valence-electron chi connectivity index (χ0n) is 22.9. The minimum Gasteiger partial charge on any atom is -0.496 e. The molecule has 0 aliphatic rings. The fourth-order valence-corrected chi connectivity index (χ4v) is 5.62. The molecule has 1 N–H and O–H groups in total. The number of amides is 1. The number of non-ortho nitro benzene ring substituents is 1. The molecule has 0 aliphatic heterocycles. The number of hydrogen-bond acceptors (Lipinski definition) is 10. The lowest BCUT2D eigenvalue weighted by Gasteiger charge is -2.10. The lowest BCUT2D eigenvalue weighted by molar-refractivity contribution is -0.384. The maximum absolute atomic E-state index is 12.7. The standard InChI is InChI=1S/C30H25N7O4S2/c1-41-26-14-13-21(16-23(26)19-42-28-12-5-6-15-31-28)18-32-33-27(38)20-43-30-35-34-29(36(30)24-9-3-2-4-10-24)22-8-7-11-25(17-22)37(39)40/h2-18H,19-20H2,1H3,(H,33,38)/b32-18+. The second-order valence-corrected chi connectivity index (χ2v) is 10.8. The lowest BCUT2D eigenvalue weighted by Crippen LogP contribution is -2.20. The van der Waals surface area contributed by atoms with Gasteiger partial charge in [0.2, 0.25) is 0 Å². The number of hydrazone groups is 1. The van der Waals surface area contributed by atoms with Gasteiger partial charge in [-0.3, -0.25) is 19.5 Å². The predicted molar refractivity (Wildman–Crippen MR) is 167 cm³/mol. The first-order valence-electron chi connectivity index (χ1n) is 12.9. The number of benzene rings is 3. The Morgan fingerprint density at radius 2 is 1.86 bits per heavy atom. The molecule has 0 bridgehead atoms. The van der Waals surface area contributed by atoms with E-state index in [4.69, 9.17) is 4.74 Å². The number of nitro benzene ring substituents is 1. The van der Waals surface area contributed by atoms with Gasteiger partial charge in [0, 0.05) is 40.9 Å². The van der Waals surface area contributed by atoms with Crippen molar-refractivity contribution in [3.05, 3.63) is 118 Å². The average Bonchev–Trinajstić information content (AvgIpc) is 3.48. The molecule has 0 unspecified atom stereocenters. The summed E-state index contributed by atoms with van der Waals surface area (Å²) in [5.41, 5.74) is 5.57. The van der Waals surface area contributed by atoms with E-state index in [1.165, 1.54) is 23.9 Å².